The van der Waals surface area contributed by atoms with Crippen LogP contribution in [0.4, 0.5) is 5.82 Å². The molecular weight excluding hydrogens is 274 g/mol. The van der Waals surface area contributed by atoms with E-state index >= 15 is 0 Å². The van der Waals surface area contributed by atoms with Crippen molar-refractivity contribution in [2.75, 3.05) is 11.9 Å². The van der Waals surface area contributed by atoms with Crippen molar-refractivity contribution in [1.29, 1.82) is 0 Å². The van der Waals surface area contributed by atoms with E-state index in [-0.39, 0.29) is 11.5 Å². The number of nitrogens with one attached hydrogen (secondary N) is 1. The van der Waals surface area contributed by atoms with E-state index < -0.39 is 11.9 Å². The third-order valence-electron chi connectivity index (χ3n) is 2.56. The third-order valence-corrected chi connectivity index (χ3v) is 2.56. The van der Waals surface area contributed by atoms with E-state index in [2.05, 4.69) is 15.3 Å². The highest BCUT2D eigenvalue weighted by molar-refractivity contribution is 6.07. The predicted octanol–water partition coefficient (Wildman–Crippen LogP) is 1.83. The van der Waals surface area contributed by atoms with Gasteiger partial charge in [0.05, 0.1) is 12.2 Å². The largest absolute Gasteiger partial charge is 0.493 e. The zero-order valence-corrected chi connectivity index (χ0v) is 11.2. The second-order valence-electron chi connectivity index (χ2n) is 3.94. The minimum absolute atomic E-state index is 0.110. The first-order valence-electron chi connectivity index (χ1n) is 6.21. The number of aromatic nitrogens is 2. The zero-order valence-electron chi connectivity index (χ0n) is 11.2. The standard InChI is InChI=1S/C14H13N3O4/c1-2-21-10-6-4-3-5-9(10)13(18)17-12-11(14(19)20)15-7-8-16-12/h3-8H,2H2,1H3,(H,19,20)(H,16,17,18). The molecule has 0 atom stereocenters. The fourth-order valence-corrected chi connectivity index (χ4v) is 1.70. The van der Waals surface area contributed by atoms with Crippen LogP contribution in [0.2, 0.25) is 0 Å². The Kier molecular flexibility index (Phi) is 4.45. The average Bonchev–Trinajstić information content (AvgIpc) is 2.48. The number of hydrogen-bond donors (Lipinski definition) is 2. The molecule has 0 unspecified atom stereocenters. The van der Waals surface area contributed by atoms with Gasteiger partial charge in [0.1, 0.15) is 5.75 Å². The number of carbonyl (C=O) groups is 2. The van der Waals surface area contributed by atoms with E-state index in [1.54, 1.807) is 31.2 Å². The lowest BCUT2D eigenvalue weighted by atomic mass is 10.2. The topological polar surface area (TPSA) is 101 Å². The highest BCUT2D eigenvalue weighted by Crippen LogP contribution is 2.19. The normalized spacial score (nSPS) is 9.95. The fraction of sp³-hybridized carbons (Fsp3) is 0.143. The van der Waals surface area contributed by atoms with Crippen LogP contribution >= 0.6 is 0 Å². The molecule has 0 saturated heterocycles. The molecule has 7 nitrogen and oxygen atoms in total. The molecule has 0 radical (unpaired) electrons. The van der Waals surface area contributed by atoms with E-state index in [1.165, 1.54) is 12.4 Å². The quantitative estimate of drug-likeness (QED) is 0.869. The summed E-state index contributed by atoms with van der Waals surface area (Å²) in [5, 5.41) is 11.4. The minimum Gasteiger partial charge on any atom is -0.493 e. The Balaban J connectivity index is 2.29. The molecule has 7 heteroatoms. The predicted molar refractivity (Wildman–Crippen MR) is 74.6 cm³/mol. The highest BCUT2D eigenvalue weighted by Gasteiger charge is 2.18. The van der Waals surface area contributed by atoms with E-state index in [0.717, 1.165) is 0 Å². The van der Waals surface area contributed by atoms with Crippen molar-refractivity contribution in [2.45, 2.75) is 6.92 Å². The van der Waals surface area contributed by atoms with E-state index in [9.17, 15) is 9.59 Å². The van der Waals surface area contributed by atoms with Crippen LogP contribution < -0.4 is 10.1 Å². The summed E-state index contributed by atoms with van der Waals surface area (Å²) < 4.78 is 5.36. The van der Waals surface area contributed by atoms with Gasteiger partial charge >= 0.3 is 5.97 Å². The number of carbonyl (C=O) groups excluding carboxylic acids is 1. The number of aromatic carboxylic acids is 1. The first-order chi connectivity index (χ1) is 10.1. The second kappa shape index (κ2) is 6.47. The summed E-state index contributed by atoms with van der Waals surface area (Å²) in [6.45, 7) is 2.22. The number of para-hydroxylation sites is 1. The van der Waals surface area contributed by atoms with E-state index in [0.29, 0.717) is 17.9 Å². The van der Waals surface area contributed by atoms with Gasteiger partial charge in [-0.3, -0.25) is 4.79 Å². The molecular formula is C14H13N3O4. The van der Waals surface area contributed by atoms with Gasteiger partial charge in [-0.05, 0) is 19.1 Å². The van der Waals surface area contributed by atoms with Gasteiger partial charge in [0.2, 0.25) is 0 Å². The number of carboxylic acid groups (broad SMARTS) is 1. The third kappa shape index (κ3) is 3.33. The van der Waals surface area contributed by atoms with Crippen molar-refractivity contribution >= 4 is 17.7 Å². The van der Waals surface area contributed by atoms with Crippen LogP contribution in [-0.2, 0) is 0 Å². The lowest BCUT2D eigenvalue weighted by molar-refractivity contribution is 0.0691. The molecule has 1 aromatic carbocycles. The molecule has 2 aromatic rings. The van der Waals surface area contributed by atoms with Crippen LogP contribution in [0, 0.1) is 0 Å². The smallest absolute Gasteiger partial charge is 0.358 e. The van der Waals surface area contributed by atoms with E-state index in [1.807, 2.05) is 0 Å². The fourth-order valence-electron chi connectivity index (χ4n) is 1.70. The van der Waals surface area contributed by atoms with Crippen LogP contribution in [0.5, 0.6) is 5.75 Å². The summed E-state index contributed by atoms with van der Waals surface area (Å²) in [6, 6.07) is 6.67. The molecule has 1 amide bonds. The molecule has 0 aliphatic rings. The number of nitrogens with zero attached hydrogens (tertiary/aromatic N) is 2. The highest BCUT2D eigenvalue weighted by atomic mass is 16.5. The molecule has 0 bridgehead atoms. The lowest BCUT2D eigenvalue weighted by Crippen LogP contribution is -2.18. The molecule has 1 aromatic heterocycles. The Bertz CT molecular complexity index is 673. The van der Waals surface area contributed by atoms with Gasteiger partial charge in [-0.15, -0.1) is 0 Å². The molecule has 0 fully saturated rings. The summed E-state index contributed by atoms with van der Waals surface area (Å²) in [4.78, 5) is 30.8. The van der Waals surface area contributed by atoms with Gasteiger partial charge in [-0.25, -0.2) is 14.8 Å². The summed E-state index contributed by atoms with van der Waals surface area (Å²) >= 11 is 0. The minimum atomic E-state index is -1.27. The maximum atomic E-state index is 12.2. The summed E-state index contributed by atoms with van der Waals surface area (Å²) in [6.07, 6.45) is 2.55. The van der Waals surface area contributed by atoms with Crippen LogP contribution in [0.3, 0.4) is 0 Å². The van der Waals surface area contributed by atoms with Gasteiger partial charge in [0.25, 0.3) is 5.91 Å². The van der Waals surface area contributed by atoms with Crippen molar-refractivity contribution in [2.24, 2.45) is 0 Å². The maximum Gasteiger partial charge on any atom is 0.358 e. The molecule has 21 heavy (non-hydrogen) atoms. The number of hydrogen-bond acceptors (Lipinski definition) is 5. The Morgan fingerprint density at radius 1 is 1.24 bits per heavy atom. The Morgan fingerprint density at radius 2 is 1.95 bits per heavy atom. The van der Waals surface area contributed by atoms with Crippen molar-refractivity contribution < 1.29 is 19.4 Å². The number of anilines is 1. The summed E-state index contributed by atoms with van der Waals surface area (Å²) in [5.74, 6) is -1.47. The van der Waals surface area contributed by atoms with Gasteiger partial charge in [-0.2, -0.15) is 0 Å². The monoisotopic (exact) mass is 287 g/mol. The lowest BCUT2D eigenvalue weighted by Gasteiger charge is -2.10. The first-order valence-corrected chi connectivity index (χ1v) is 6.21. The maximum absolute atomic E-state index is 12.2. The number of carboxylic acids is 1. The second-order valence-corrected chi connectivity index (χ2v) is 3.94. The molecule has 2 N–H and O–H groups in total. The molecule has 0 aliphatic carbocycles. The van der Waals surface area contributed by atoms with Gasteiger partial charge in [-0.1, -0.05) is 12.1 Å². The van der Waals surface area contributed by atoms with E-state index in [4.69, 9.17) is 9.84 Å². The SMILES string of the molecule is CCOc1ccccc1C(=O)Nc1nccnc1C(=O)O. The van der Waals surface area contributed by atoms with Crippen molar-refractivity contribution in [1.82, 2.24) is 9.97 Å². The van der Waals surface area contributed by atoms with Crippen molar-refractivity contribution in [3.05, 3.63) is 47.9 Å². The van der Waals surface area contributed by atoms with Gasteiger partial charge in [0, 0.05) is 12.4 Å². The summed E-state index contributed by atoms with van der Waals surface area (Å²) in [5.41, 5.74) is -0.0268. The zero-order chi connectivity index (χ0) is 15.2. The van der Waals surface area contributed by atoms with Crippen LogP contribution in [-0.4, -0.2) is 33.6 Å². The van der Waals surface area contributed by atoms with Crippen LogP contribution in [0.25, 0.3) is 0 Å². The molecule has 0 aliphatic heterocycles. The Hall–Kier alpha value is -2.96. The number of ether oxygens (including phenoxy) is 1. The molecule has 1 heterocycles. The van der Waals surface area contributed by atoms with Crippen LogP contribution in [0.15, 0.2) is 36.7 Å². The Morgan fingerprint density at radius 3 is 2.67 bits per heavy atom. The molecule has 0 spiro atoms. The average molecular weight is 287 g/mol. The van der Waals surface area contributed by atoms with Gasteiger partial charge < -0.3 is 15.2 Å². The Labute approximate surface area is 120 Å². The molecule has 108 valence electrons. The van der Waals surface area contributed by atoms with Crippen molar-refractivity contribution in [3.63, 3.8) is 0 Å². The number of amides is 1. The van der Waals surface area contributed by atoms with Crippen LogP contribution in [0.1, 0.15) is 27.8 Å². The summed E-state index contributed by atoms with van der Waals surface area (Å²) in [7, 11) is 0. The first kappa shape index (κ1) is 14.4. The molecule has 0 saturated carbocycles. The number of benzene rings is 1. The number of rotatable bonds is 5. The van der Waals surface area contributed by atoms with Gasteiger partial charge in [0.15, 0.2) is 11.5 Å². The molecule has 2 rings (SSSR count). The van der Waals surface area contributed by atoms with Crippen molar-refractivity contribution in [3.8, 4) is 5.75 Å².